The van der Waals surface area contributed by atoms with E-state index < -0.39 is 5.41 Å². The summed E-state index contributed by atoms with van der Waals surface area (Å²) < 4.78 is 8.63. The Balaban J connectivity index is 0.934. The Morgan fingerprint density at radius 2 is 0.886 bits per heavy atom. The molecule has 0 aliphatic heterocycles. The Morgan fingerprint density at radius 3 is 1.60 bits per heavy atom. The highest BCUT2D eigenvalue weighted by Gasteiger charge is 2.47. The second kappa shape index (κ2) is 16.0. The van der Waals surface area contributed by atoms with Crippen molar-refractivity contribution in [2.45, 2.75) is 5.41 Å². The monoisotopic (exact) mass is 892 g/mol. The molecule has 70 heavy (non-hydrogen) atoms. The number of hydrogen-bond acceptors (Lipinski definition) is 2. The van der Waals surface area contributed by atoms with Gasteiger partial charge in [0.05, 0.1) is 22.1 Å². The first-order valence-corrected chi connectivity index (χ1v) is 24.1. The zero-order chi connectivity index (χ0) is 46.2. The lowest BCUT2D eigenvalue weighted by atomic mass is 9.68. The normalized spacial score (nSPS) is 12.7. The predicted octanol–water partition coefficient (Wildman–Crippen LogP) is 17.8. The number of furan rings is 1. The summed E-state index contributed by atoms with van der Waals surface area (Å²) in [6.45, 7) is 0. The largest absolute Gasteiger partial charge is 0.456 e. The Hall–Kier alpha value is -9.18. The molecule has 0 N–H and O–H groups in total. The molecule has 0 fully saturated rings. The van der Waals surface area contributed by atoms with Crippen LogP contribution < -0.4 is 4.90 Å². The van der Waals surface area contributed by atoms with Crippen molar-refractivity contribution >= 4 is 60.8 Å². The lowest BCUT2D eigenvalue weighted by molar-refractivity contribution is 0.669. The van der Waals surface area contributed by atoms with Crippen LogP contribution in [-0.2, 0) is 5.41 Å². The van der Waals surface area contributed by atoms with Gasteiger partial charge in [0.1, 0.15) is 11.2 Å². The van der Waals surface area contributed by atoms with E-state index in [-0.39, 0.29) is 0 Å². The Morgan fingerprint density at radius 1 is 0.343 bits per heavy atom. The summed E-state index contributed by atoms with van der Waals surface area (Å²) in [6.07, 6.45) is 0. The van der Waals surface area contributed by atoms with E-state index in [2.05, 4.69) is 264 Å². The Bertz CT molecular complexity index is 4020. The molecule has 328 valence electrons. The van der Waals surface area contributed by atoms with Crippen LogP contribution in [0.1, 0.15) is 22.3 Å². The van der Waals surface area contributed by atoms with E-state index in [0.717, 1.165) is 66.9 Å². The van der Waals surface area contributed by atoms with Crippen molar-refractivity contribution in [2.75, 3.05) is 4.90 Å². The van der Waals surface area contributed by atoms with Crippen LogP contribution in [0.5, 0.6) is 0 Å². The first-order valence-electron chi connectivity index (χ1n) is 24.1. The molecule has 0 spiro atoms. The van der Waals surface area contributed by atoms with Gasteiger partial charge in [-0.2, -0.15) is 0 Å². The van der Waals surface area contributed by atoms with Crippen LogP contribution in [0.2, 0.25) is 0 Å². The van der Waals surface area contributed by atoms with Crippen molar-refractivity contribution in [3.05, 3.63) is 289 Å². The molecule has 0 atom stereocenters. The van der Waals surface area contributed by atoms with Gasteiger partial charge in [-0.15, -0.1) is 0 Å². The van der Waals surface area contributed by atoms with Gasteiger partial charge in [-0.25, -0.2) is 0 Å². The second-order valence-corrected chi connectivity index (χ2v) is 18.4. The Labute approximate surface area is 406 Å². The van der Waals surface area contributed by atoms with Gasteiger partial charge in [-0.05, 0) is 123 Å². The third-order valence-electron chi connectivity index (χ3n) is 14.7. The Kier molecular flexibility index (Phi) is 9.11. The van der Waals surface area contributed by atoms with Crippen LogP contribution in [0.25, 0.3) is 82.8 Å². The minimum absolute atomic E-state index is 0.532. The SMILES string of the molecule is c1ccc(C2(c3ccccc3)c3ccccc3-c3c(N(c4ccc(-c5ccc(-n6c7ccccc7c7ccccc76)cc5)cc4)c4cccc(-c5ccc6oc7ccccc7c6c5)c4)cccc32)cc1. The zero-order valence-corrected chi connectivity index (χ0v) is 38.2. The van der Waals surface area contributed by atoms with Gasteiger partial charge in [0.2, 0.25) is 0 Å². The van der Waals surface area contributed by atoms with Crippen LogP contribution >= 0.6 is 0 Å². The van der Waals surface area contributed by atoms with Gasteiger partial charge in [-0.1, -0.05) is 194 Å². The average Bonchev–Trinajstić information content (AvgIpc) is 4.09. The molecule has 3 nitrogen and oxygen atoms in total. The highest BCUT2D eigenvalue weighted by atomic mass is 16.3. The molecular weight excluding hydrogens is 849 g/mol. The maximum Gasteiger partial charge on any atom is 0.135 e. The predicted molar refractivity (Wildman–Crippen MR) is 291 cm³/mol. The topological polar surface area (TPSA) is 21.3 Å². The number of rotatable bonds is 8. The minimum atomic E-state index is -0.532. The molecule has 0 radical (unpaired) electrons. The lowest BCUT2D eigenvalue weighted by Crippen LogP contribution is -2.28. The molecule has 0 bridgehead atoms. The third kappa shape index (κ3) is 6.08. The number of fused-ring (bicyclic) bond motifs is 9. The van der Waals surface area contributed by atoms with Gasteiger partial charge in [0, 0.05) is 44.2 Å². The van der Waals surface area contributed by atoms with Gasteiger partial charge >= 0.3 is 0 Å². The highest BCUT2D eigenvalue weighted by Crippen LogP contribution is 2.59. The van der Waals surface area contributed by atoms with Crippen LogP contribution in [0.3, 0.4) is 0 Å². The van der Waals surface area contributed by atoms with E-state index in [4.69, 9.17) is 4.42 Å². The molecule has 0 saturated carbocycles. The molecule has 1 aliphatic rings. The van der Waals surface area contributed by atoms with Crippen LogP contribution in [-0.4, -0.2) is 4.57 Å². The first kappa shape index (κ1) is 39.9. The number of para-hydroxylation sites is 3. The fourth-order valence-electron chi connectivity index (χ4n) is 11.6. The van der Waals surface area contributed by atoms with E-state index in [1.165, 1.54) is 55.2 Å². The molecule has 0 unspecified atom stereocenters. The fourth-order valence-corrected chi connectivity index (χ4v) is 11.6. The number of nitrogens with zero attached hydrogens (tertiary/aromatic N) is 2. The van der Waals surface area contributed by atoms with E-state index >= 15 is 0 Å². The molecule has 11 aromatic carbocycles. The first-order chi connectivity index (χ1) is 34.7. The molecule has 0 amide bonds. The number of benzene rings is 11. The van der Waals surface area contributed by atoms with Crippen LogP contribution in [0, 0.1) is 0 Å². The van der Waals surface area contributed by atoms with Crippen molar-refractivity contribution in [3.63, 3.8) is 0 Å². The fraction of sp³-hybridized carbons (Fsp3) is 0.0149. The second-order valence-electron chi connectivity index (χ2n) is 18.4. The van der Waals surface area contributed by atoms with Crippen molar-refractivity contribution in [2.24, 2.45) is 0 Å². The van der Waals surface area contributed by atoms with Crippen molar-refractivity contribution < 1.29 is 4.42 Å². The maximum absolute atomic E-state index is 6.26. The summed E-state index contributed by atoms with van der Waals surface area (Å²) in [5.74, 6) is 0. The molecular formula is C67H44N2O. The third-order valence-corrected chi connectivity index (χ3v) is 14.7. The molecule has 3 heteroatoms. The summed E-state index contributed by atoms with van der Waals surface area (Å²) in [5.41, 5.74) is 20.2. The van der Waals surface area contributed by atoms with E-state index in [1.807, 2.05) is 12.1 Å². The van der Waals surface area contributed by atoms with Gasteiger partial charge in [-0.3, -0.25) is 0 Å². The number of aromatic nitrogens is 1. The summed E-state index contributed by atoms with van der Waals surface area (Å²) in [6, 6.07) is 97.4. The van der Waals surface area contributed by atoms with Gasteiger partial charge in [0.25, 0.3) is 0 Å². The van der Waals surface area contributed by atoms with Crippen LogP contribution in [0.4, 0.5) is 17.1 Å². The molecule has 2 heterocycles. The molecule has 13 aromatic rings. The summed E-state index contributed by atoms with van der Waals surface area (Å²) in [5, 5.41) is 4.76. The quantitative estimate of drug-likeness (QED) is 0.152. The molecule has 1 aliphatic carbocycles. The average molecular weight is 893 g/mol. The maximum atomic E-state index is 6.26. The lowest BCUT2D eigenvalue weighted by Gasteiger charge is -2.34. The number of anilines is 3. The zero-order valence-electron chi connectivity index (χ0n) is 38.2. The van der Waals surface area contributed by atoms with Crippen molar-refractivity contribution in [3.8, 4) is 39.1 Å². The summed E-state index contributed by atoms with van der Waals surface area (Å²) in [4.78, 5) is 2.46. The van der Waals surface area contributed by atoms with Crippen molar-refractivity contribution in [1.82, 2.24) is 4.57 Å². The number of hydrogen-bond donors (Lipinski definition) is 0. The molecule has 14 rings (SSSR count). The van der Waals surface area contributed by atoms with E-state index in [9.17, 15) is 0 Å². The van der Waals surface area contributed by atoms with Gasteiger partial charge < -0.3 is 13.9 Å². The highest BCUT2D eigenvalue weighted by molar-refractivity contribution is 6.09. The van der Waals surface area contributed by atoms with Crippen molar-refractivity contribution in [1.29, 1.82) is 0 Å². The summed E-state index contributed by atoms with van der Waals surface area (Å²) in [7, 11) is 0. The minimum Gasteiger partial charge on any atom is -0.456 e. The van der Waals surface area contributed by atoms with Gasteiger partial charge in [0.15, 0.2) is 0 Å². The molecule has 0 saturated heterocycles. The summed E-state index contributed by atoms with van der Waals surface area (Å²) >= 11 is 0. The van der Waals surface area contributed by atoms with E-state index in [1.54, 1.807) is 0 Å². The van der Waals surface area contributed by atoms with E-state index in [0.29, 0.717) is 0 Å². The van der Waals surface area contributed by atoms with Crippen LogP contribution in [0.15, 0.2) is 271 Å². The standard InChI is InChI=1S/C67H44N2O/c1-3-18-49(19-4-1)67(50-20-5-2-6-21-50)59-27-11-7-26-57(59)66-60(67)28-16-31-63(66)68(53-22-15-17-47(43-53)48-37-42-65-58(44-48)56-25-10-14-32-64(56)70-65)51-38-33-45(34-39-51)46-35-40-52(41-36-46)69-61-29-12-8-23-54(61)55-24-9-13-30-62(55)69/h1-44H. The smallest absolute Gasteiger partial charge is 0.135 e. The molecule has 2 aromatic heterocycles.